The lowest BCUT2D eigenvalue weighted by Gasteiger charge is -2.03. The molecule has 1 amide bonds. The number of amides is 1. The Labute approximate surface area is 91.5 Å². The molecule has 16 heavy (non-hydrogen) atoms. The molecule has 0 aliphatic heterocycles. The largest absolute Gasteiger partial charge is 0.349 e. The Morgan fingerprint density at radius 1 is 1.25 bits per heavy atom. The smallest absolute Gasteiger partial charge is 0.224 e. The van der Waals surface area contributed by atoms with Crippen LogP contribution in [0.25, 0.3) is 0 Å². The first kappa shape index (κ1) is 12.3. The summed E-state index contributed by atoms with van der Waals surface area (Å²) in [6.45, 7) is 1.29. The second-order valence-corrected chi connectivity index (χ2v) is 3.40. The fourth-order valence-corrected chi connectivity index (χ4v) is 1.12. The zero-order valence-electron chi connectivity index (χ0n) is 8.72. The van der Waals surface area contributed by atoms with Gasteiger partial charge in [0.25, 0.3) is 0 Å². The summed E-state index contributed by atoms with van der Waals surface area (Å²) < 4.78 is 25.4. The second kappa shape index (κ2) is 5.34. The highest BCUT2D eigenvalue weighted by Crippen LogP contribution is 2.08. The Hall–Kier alpha value is -1.78. The van der Waals surface area contributed by atoms with Crippen LogP contribution in [0.15, 0.2) is 18.2 Å². The quantitative estimate of drug-likeness (QED) is 0.840. The second-order valence-electron chi connectivity index (χ2n) is 3.40. The van der Waals surface area contributed by atoms with E-state index in [0.717, 1.165) is 12.1 Å². The lowest BCUT2D eigenvalue weighted by atomic mass is 10.1. The Morgan fingerprint density at radius 3 is 2.50 bits per heavy atom. The number of rotatable bonds is 4. The number of hydrogen-bond donors (Lipinski definition) is 1. The van der Waals surface area contributed by atoms with Crippen LogP contribution < -0.4 is 5.32 Å². The molecular weight excluding hydrogens is 216 g/mol. The molecule has 0 saturated heterocycles. The maximum atomic E-state index is 12.8. The molecule has 0 radical (unpaired) electrons. The molecule has 0 unspecified atom stereocenters. The Bertz CT molecular complexity index is 418. The molecule has 0 atom stereocenters. The normalized spacial score (nSPS) is 9.94. The van der Waals surface area contributed by atoms with Gasteiger partial charge in [-0.1, -0.05) is 6.07 Å². The molecule has 5 heteroatoms. The molecule has 0 spiro atoms. The van der Waals surface area contributed by atoms with Gasteiger partial charge in [-0.2, -0.15) is 0 Å². The molecule has 1 rings (SSSR count). The molecule has 0 fully saturated rings. The minimum Gasteiger partial charge on any atom is -0.349 e. The number of carbonyl (C=O) groups is 2. The number of halogens is 2. The van der Waals surface area contributed by atoms with Crippen molar-refractivity contribution in [2.75, 3.05) is 6.54 Å². The van der Waals surface area contributed by atoms with Crippen molar-refractivity contribution in [3.8, 4) is 0 Å². The van der Waals surface area contributed by atoms with Crippen molar-refractivity contribution in [3.05, 3.63) is 35.4 Å². The van der Waals surface area contributed by atoms with E-state index in [9.17, 15) is 18.4 Å². The first-order valence-electron chi connectivity index (χ1n) is 4.69. The Morgan fingerprint density at radius 2 is 1.94 bits per heavy atom. The number of nitrogens with one attached hydrogen (secondary N) is 1. The molecular formula is C11H11F2NO2. The third kappa shape index (κ3) is 3.76. The van der Waals surface area contributed by atoms with Gasteiger partial charge in [0.15, 0.2) is 11.6 Å². The predicted octanol–water partition coefficient (Wildman–Crippen LogP) is 1.21. The molecule has 1 aromatic rings. The molecule has 1 aromatic carbocycles. The molecule has 0 aliphatic rings. The van der Waals surface area contributed by atoms with Gasteiger partial charge in [-0.15, -0.1) is 0 Å². The Balaban J connectivity index is 2.56. The lowest BCUT2D eigenvalue weighted by molar-refractivity contribution is -0.124. The highest BCUT2D eigenvalue weighted by molar-refractivity contribution is 5.85. The fraction of sp³-hybridized carbons (Fsp3) is 0.273. The summed E-state index contributed by atoms with van der Waals surface area (Å²) in [4.78, 5) is 21.8. The fourth-order valence-electron chi connectivity index (χ4n) is 1.12. The van der Waals surface area contributed by atoms with Gasteiger partial charge in [0.1, 0.15) is 5.78 Å². The highest BCUT2D eigenvalue weighted by Gasteiger charge is 2.07. The van der Waals surface area contributed by atoms with Crippen LogP contribution in [0.3, 0.4) is 0 Å². The summed E-state index contributed by atoms with van der Waals surface area (Å²) in [5, 5.41) is 2.36. The van der Waals surface area contributed by atoms with Gasteiger partial charge < -0.3 is 5.32 Å². The van der Waals surface area contributed by atoms with Crippen molar-refractivity contribution in [1.82, 2.24) is 5.32 Å². The van der Waals surface area contributed by atoms with E-state index in [2.05, 4.69) is 5.32 Å². The summed E-state index contributed by atoms with van der Waals surface area (Å²) >= 11 is 0. The number of hydrogen-bond acceptors (Lipinski definition) is 2. The SMILES string of the molecule is CC(=O)CNC(=O)Cc1ccc(F)c(F)c1. The third-order valence-corrected chi connectivity index (χ3v) is 1.88. The summed E-state index contributed by atoms with van der Waals surface area (Å²) in [6.07, 6.45) is -0.0789. The number of benzene rings is 1. The summed E-state index contributed by atoms with van der Waals surface area (Å²) in [6, 6.07) is 3.25. The first-order valence-corrected chi connectivity index (χ1v) is 4.69. The van der Waals surface area contributed by atoms with Crippen LogP contribution in [0.2, 0.25) is 0 Å². The molecule has 0 aromatic heterocycles. The molecule has 0 aliphatic carbocycles. The van der Waals surface area contributed by atoms with Crippen molar-refractivity contribution in [2.24, 2.45) is 0 Å². The third-order valence-electron chi connectivity index (χ3n) is 1.88. The zero-order valence-corrected chi connectivity index (χ0v) is 8.72. The summed E-state index contributed by atoms with van der Waals surface area (Å²) in [5.41, 5.74) is 0.361. The molecule has 0 saturated carbocycles. The van der Waals surface area contributed by atoms with Gasteiger partial charge in [0.05, 0.1) is 13.0 Å². The predicted molar refractivity (Wildman–Crippen MR) is 53.8 cm³/mol. The summed E-state index contributed by atoms with van der Waals surface area (Å²) in [7, 11) is 0. The molecule has 0 bridgehead atoms. The van der Waals surface area contributed by atoms with E-state index in [0.29, 0.717) is 5.56 Å². The van der Waals surface area contributed by atoms with Crippen molar-refractivity contribution >= 4 is 11.7 Å². The van der Waals surface area contributed by atoms with Crippen LogP contribution in [-0.4, -0.2) is 18.2 Å². The van der Waals surface area contributed by atoms with Crippen LogP contribution in [0, 0.1) is 11.6 Å². The van der Waals surface area contributed by atoms with E-state index in [-0.39, 0.29) is 18.7 Å². The highest BCUT2D eigenvalue weighted by atomic mass is 19.2. The van der Waals surface area contributed by atoms with E-state index < -0.39 is 17.5 Å². The number of carbonyl (C=O) groups excluding carboxylic acids is 2. The standard InChI is InChI=1S/C11H11F2NO2/c1-7(15)6-14-11(16)5-8-2-3-9(12)10(13)4-8/h2-4H,5-6H2,1H3,(H,14,16). The van der Waals surface area contributed by atoms with Crippen LogP contribution in [0.1, 0.15) is 12.5 Å². The van der Waals surface area contributed by atoms with Crippen LogP contribution in [-0.2, 0) is 16.0 Å². The van der Waals surface area contributed by atoms with Gasteiger partial charge >= 0.3 is 0 Å². The lowest BCUT2D eigenvalue weighted by Crippen LogP contribution is -2.29. The van der Waals surface area contributed by atoms with Gasteiger partial charge in [-0.25, -0.2) is 8.78 Å². The van der Waals surface area contributed by atoms with Gasteiger partial charge in [0, 0.05) is 0 Å². The number of Topliss-reactive ketones (excluding diaryl/α,β-unsaturated/α-hetero) is 1. The minimum atomic E-state index is -0.989. The number of ketones is 1. The van der Waals surface area contributed by atoms with E-state index >= 15 is 0 Å². The maximum absolute atomic E-state index is 12.8. The summed E-state index contributed by atoms with van der Waals surface area (Å²) in [5.74, 6) is -2.51. The van der Waals surface area contributed by atoms with E-state index in [1.807, 2.05) is 0 Å². The van der Waals surface area contributed by atoms with Crippen LogP contribution in [0.5, 0.6) is 0 Å². The van der Waals surface area contributed by atoms with E-state index in [4.69, 9.17) is 0 Å². The van der Waals surface area contributed by atoms with Crippen molar-refractivity contribution < 1.29 is 18.4 Å². The van der Waals surface area contributed by atoms with Crippen molar-refractivity contribution in [1.29, 1.82) is 0 Å². The molecule has 0 heterocycles. The van der Waals surface area contributed by atoms with Crippen molar-refractivity contribution in [3.63, 3.8) is 0 Å². The monoisotopic (exact) mass is 227 g/mol. The topological polar surface area (TPSA) is 46.2 Å². The van der Waals surface area contributed by atoms with Crippen LogP contribution in [0.4, 0.5) is 8.78 Å². The molecule has 86 valence electrons. The van der Waals surface area contributed by atoms with Crippen molar-refractivity contribution in [2.45, 2.75) is 13.3 Å². The first-order chi connectivity index (χ1) is 7.49. The average Bonchev–Trinajstić information content (AvgIpc) is 2.21. The Kier molecular flexibility index (Phi) is 4.10. The van der Waals surface area contributed by atoms with Gasteiger partial charge in [-0.3, -0.25) is 9.59 Å². The maximum Gasteiger partial charge on any atom is 0.224 e. The molecule has 1 N–H and O–H groups in total. The van der Waals surface area contributed by atoms with E-state index in [1.165, 1.54) is 13.0 Å². The van der Waals surface area contributed by atoms with Gasteiger partial charge in [-0.05, 0) is 24.6 Å². The van der Waals surface area contributed by atoms with E-state index in [1.54, 1.807) is 0 Å². The average molecular weight is 227 g/mol. The molecule has 3 nitrogen and oxygen atoms in total. The zero-order chi connectivity index (χ0) is 12.1. The van der Waals surface area contributed by atoms with Crippen LogP contribution >= 0.6 is 0 Å². The van der Waals surface area contributed by atoms with Gasteiger partial charge in [0.2, 0.25) is 5.91 Å². The minimum absolute atomic E-state index is 0.0531.